The first kappa shape index (κ1) is 20.2. The predicted molar refractivity (Wildman–Crippen MR) is 120 cm³/mol. The second-order valence-electron chi connectivity index (χ2n) is 8.86. The summed E-state index contributed by atoms with van der Waals surface area (Å²) in [5, 5.41) is 0. The number of carbonyl (C=O) groups excluding carboxylic acids is 1. The van der Waals surface area contributed by atoms with Crippen molar-refractivity contribution in [2.45, 2.75) is 24.8 Å². The molecule has 2 aromatic carbocycles. The fourth-order valence-electron chi connectivity index (χ4n) is 4.77. The van der Waals surface area contributed by atoms with Crippen molar-refractivity contribution in [1.29, 1.82) is 0 Å². The molecule has 1 N–H and O–H groups in total. The van der Waals surface area contributed by atoms with Crippen molar-refractivity contribution in [1.82, 2.24) is 14.5 Å². The van der Waals surface area contributed by atoms with Gasteiger partial charge in [0.1, 0.15) is 18.9 Å². The quantitative estimate of drug-likeness (QED) is 0.632. The van der Waals surface area contributed by atoms with Crippen LogP contribution in [0.25, 0.3) is 11.0 Å². The Bertz CT molecular complexity index is 1050. The number of aryl methyl sites for hydroxylation is 1. The van der Waals surface area contributed by atoms with E-state index < -0.39 is 0 Å². The fraction of sp³-hybridized carbons (Fsp3) is 0.440. The van der Waals surface area contributed by atoms with E-state index in [1.807, 2.05) is 43.4 Å². The summed E-state index contributed by atoms with van der Waals surface area (Å²) in [6.45, 7) is 5.87. The average molecular weight is 420 g/mol. The molecule has 162 valence electrons. The summed E-state index contributed by atoms with van der Waals surface area (Å²) in [7, 11) is 2.05. The van der Waals surface area contributed by atoms with E-state index in [9.17, 15) is 4.79 Å². The van der Waals surface area contributed by atoms with Crippen molar-refractivity contribution in [2.75, 3.05) is 39.4 Å². The first-order valence-electron chi connectivity index (χ1n) is 11.3. The zero-order valence-corrected chi connectivity index (χ0v) is 18.2. The molecule has 31 heavy (non-hydrogen) atoms. The van der Waals surface area contributed by atoms with Gasteiger partial charge in [-0.25, -0.2) is 4.98 Å². The molecule has 1 saturated carbocycles. The maximum atomic E-state index is 13.9. The second kappa shape index (κ2) is 8.44. The van der Waals surface area contributed by atoms with Gasteiger partial charge in [-0.15, -0.1) is 0 Å². The maximum absolute atomic E-state index is 13.9. The van der Waals surface area contributed by atoms with E-state index in [4.69, 9.17) is 9.72 Å². The van der Waals surface area contributed by atoms with Crippen LogP contribution in [0.1, 0.15) is 24.2 Å². The van der Waals surface area contributed by atoms with E-state index in [-0.39, 0.29) is 11.3 Å². The Morgan fingerprint density at radius 3 is 2.52 bits per heavy atom. The Hall–Kier alpha value is -2.70. The molecule has 1 amide bonds. The monoisotopic (exact) mass is 419 g/mol. The fourth-order valence-corrected chi connectivity index (χ4v) is 4.77. The van der Waals surface area contributed by atoms with Crippen LogP contribution in [0.3, 0.4) is 0 Å². The number of morpholine rings is 1. The molecule has 6 heteroatoms. The van der Waals surface area contributed by atoms with Gasteiger partial charge >= 0.3 is 0 Å². The van der Waals surface area contributed by atoms with Gasteiger partial charge in [-0.2, -0.15) is 0 Å². The Morgan fingerprint density at radius 2 is 1.81 bits per heavy atom. The smallest absolute Gasteiger partial charge is 0.233 e. The highest BCUT2D eigenvalue weighted by atomic mass is 16.5. The number of hydrogen-bond donors (Lipinski definition) is 1. The van der Waals surface area contributed by atoms with Crippen LogP contribution < -0.4 is 4.90 Å². The maximum Gasteiger partial charge on any atom is 0.233 e. The van der Waals surface area contributed by atoms with Crippen LogP contribution in [-0.2, 0) is 28.5 Å². The number of carbonyl (C=O) groups is 1. The van der Waals surface area contributed by atoms with Gasteiger partial charge in [-0.1, -0.05) is 42.5 Å². The highest BCUT2D eigenvalue weighted by Gasteiger charge is 2.53. The van der Waals surface area contributed by atoms with Crippen LogP contribution in [0, 0.1) is 0 Å². The van der Waals surface area contributed by atoms with E-state index in [0.717, 1.165) is 74.7 Å². The summed E-state index contributed by atoms with van der Waals surface area (Å²) in [5.74, 6) is 1.19. The van der Waals surface area contributed by atoms with Crippen LogP contribution >= 0.6 is 0 Å². The molecule has 2 aliphatic rings. The number of para-hydroxylation sites is 2. The molecule has 0 atom stereocenters. The molecule has 2 fully saturated rings. The van der Waals surface area contributed by atoms with Crippen molar-refractivity contribution in [3.63, 3.8) is 0 Å². The van der Waals surface area contributed by atoms with Crippen molar-refractivity contribution >= 4 is 16.9 Å². The third-order valence-electron chi connectivity index (χ3n) is 6.92. The number of ether oxygens (including phenoxy) is 1. The number of benzene rings is 2. The number of imidazole rings is 1. The number of amides is 1. The molecule has 1 aromatic heterocycles. The molecule has 0 spiro atoms. The number of quaternary nitrogens is 1. The predicted octanol–water partition coefficient (Wildman–Crippen LogP) is 1.55. The lowest BCUT2D eigenvalue weighted by atomic mass is 9.94. The summed E-state index contributed by atoms with van der Waals surface area (Å²) >= 11 is 0. The molecular weight excluding hydrogens is 388 g/mol. The first-order valence-corrected chi connectivity index (χ1v) is 11.3. The lowest BCUT2D eigenvalue weighted by Gasteiger charge is -2.30. The van der Waals surface area contributed by atoms with Gasteiger partial charge in [0.15, 0.2) is 0 Å². The molecular formula is C25H31N4O2+. The van der Waals surface area contributed by atoms with E-state index in [0.29, 0.717) is 6.54 Å². The van der Waals surface area contributed by atoms with Gasteiger partial charge in [0.05, 0.1) is 49.3 Å². The van der Waals surface area contributed by atoms with Crippen LogP contribution in [0.2, 0.25) is 0 Å². The van der Waals surface area contributed by atoms with Gasteiger partial charge in [-0.3, -0.25) is 4.79 Å². The standard InChI is InChI=1S/C25H30N4O2/c1-27-22-10-6-5-9-21(22)26-23(27)19-29(14-13-28-15-17-31-18-16-28)24(30)25(11-12-25)20-7-3-2-4-8-20/h2-10H,11-19H2,1H3/p+1. The van der Waals surface area contributed by atoms with Gasteiger partial charge in [0, 0.05) is 7.05 Å². The normalized spacial score (nSPS) is 18.2. The van der Waals surface area contributed by atoms with Crippen LogP contribution in [0.5, 0.6) is 0 Å². The highest BCUT2D eigenvalue weighted by molar-refractivity contribution is 5.91. The van der Waals surface area contributed by atoms with Crippen molar-refractivity contribution < 1.29 is 14.4 Å². The van der Waals surface area contributed by atoms with Gasteiger partial charge < -0.3 is 19.1 Å². The Labute approximate surface area is 183 Å². The summed E-state index contributed by atoms with van der Waals surface area (Å²) in [6.07, 6.45) is 1.86. The van der Waals surface area contributed by atoms with E-state index >= 15 is 0 Å². The van der Waals surface area contributed by atoms with Crippen LogP contribution in [0.15, 0.2) is 54.6 Å². The summed E-state index contributed by atoms with van der Waals surface area (Å²) in [5.41, 5.74) is 2.88. The number of rotatable bonds is 7. The van der Waals surface area contributed by atoms with E-state index in [1.54, 1.807) is 0 Å². The molecule has 3 aromatic rings. The summed E-state index contributed by atoms with van der Waals surface area (Å²) in [6, 6.07) is 18.5. The zero-order chi connectivity index (χ0) is 21.3. The van der Waals surface area contributed by atoms with Gasteiger partial charge in [0.2, 0.25) is 5.91 Å². The lowest BCUT2D eigenvalue weighted by Crippen LogP contribution is -3.14. The van der Waals surface area contributed by atoms with Crippen LogP contribution in [-0.4, -0.2) is 59.8 Å². The number of nitrogens with one attached hydrogen (secondary N) is 1. The minimum Gasteiger partial charge on any atom is -0.370 e. The second-order valence-corrected chi connectivity index (χ2v) is 8.86. The summed E-state index contributed by atoms with van der Waals surface area (Å²) < 4.78 is 7.63. The van der Waals surface area contributed by atoms with Crippen molar-refractivity contribution in [2.24, 2.45) is 7.05 Å². The third kappa shape index (κ3) is 3.98. The summed E-state index contributed by atoms with van der Waals surface area (Å²) in [4.78, 5) is 22.3. The minimum atomic E-state index is -0.355. The largest absolute Gasteiger partial charge is 0.370 e. The molecule has 6 nitrogen and oxygen atoms in total. The van der Waals surface area contributed by atoms with Crippen LogP contribution in [0.4, 0.5) is 0 Å². The molecule has 1 aliphatic heterocycles. The average Bonchev–Trinajstić information content (AvgIpc) is 3.58. The molecule has 1 saturated heterocycles. The van der Waals surface area contributed by atoms with Gasteiger partial charge in [-0.05, 0) is 30.5 Å². The SMILES string of the molecule is Cn1c(CN(CC[NH+]2CCOCC2)C(=O)C2(c3ccccc3)CC2)nc2ccccc21. The van der Waals surface area contributed by atoms with E-state index in [2.05, 4.69) is 27.7 Å². The zero-order valence-electron chi connectivity index (χ0n) is 18.2. The first-order chi connectivity index (χ1) is 15.2. The Balaban J connectivity index is 1.41. The highest BCUT2D eigenvalue weighted by Crippen LogP contribution is 2.49. The topological polar surface area (TPSA) is 51.8 Å². The molecule has 5 rings (SSSR count). The van der Waals surface area contributed by atoms with Crippen molar-refractivity contribution in [3.05, 3.63) is 66.0 Å². The lowest BCUT2D eigenvalue weighted by molar-refractivity contribution is -0.907. The molecule has 0 unspecified atom stereocenters. The minimum absolute atomic E-state index is 0.249. The Morgan fingerprint density at radius 1 is 1.10 bits per heavy atom. The Kier molecular flexibility index (Phi) is 5.50. The number of hydrogen-bond acceptors (Lipinski definition) is 3. The number of fused-ring (bicyclic) bond motifs is 1. The number of aromatic nitrogens is 2. The molecule has 0 bridgehead atoms. The number of nitrogens with zero attached hydrogens (tertiary/aromatic N) is 3. The molecule has 1 aliphatic carbocycles. The van der Waals surface area contributed by atoms with Crippen molar-refractivity contribution in [3.8, 4) is 0 Å². The van der Waals surface area contributed by atoms with Gasteiger partial charge in [0.25, 0.3) is 0 Å². The molecule has 0 radical (unpaired) electrons. The third-order valence-corrected chi connectivity index (χ3v) is 6.92. The molecule has 2 heterocycles. The van der Waals surface area contributed by atoms with E-state index in [1.165, 1.54) is 4.90 Å².